The van der Waals surface area contributed by atoms with Gasteiger partial charge in [0.1, 0.15) is 17.0 Å². The Hall–Kier alpha value is -1.02. The molecule has 2 rings (SSSR count). The van der Waals surface area contributed by atoms with Gasteiger partial charge in [-0.15, -0.1) is 0 Å². The lowest BCUT2D eigenvalue weighted by Gasteiger charge is -2.44. The van der Waals surface area contributed by atoms with Gasteiger partial charge in [0.2, 0.25) is 0 Å². The van der Waals surface area contributed by atoms with Crippen molar-refractivity contribution in [2.24, 2.45) is 0 Å². The Bertz CT molecular complexity index is 318. The Morgan fingerprint density at radius 1 is 1.21 bits per heavy atom. The minimum absolute atomic E-state index is 0.526. The summed E-state index contributed by atoms with van der Waals surface area (Å²) >= 11 is 0. The molecule has 2 nitrogen and oxygen atoms in total. The van der Waals surface area contributed by atoms with Crippen molar-refractivity contribution in [3.05, 3.63) is 29.8 Å². The van der Waals surface area contributed by atoms with Crippen molar-refractivity contribution in [2.75, 3.05) is 0 Å². The normalized spacial score (nSPS) is 29.1. The minimum atomic E-state index is -0.804. The third kappa shape index (κ3) is 1.30. The van der Waals surface area contributed by atoms with Crippen LogP contribution < -0.4 is 4.74 Å². The molecule has 0 radical (unpaired) electrons. The summed E-state index contributed by atoms with van der Waals surface area (Å²) in [4.78, 5) is 0. The van der Waals surface area contributed by atoms with E-state index >= 15 is 0 Å². The fraction of sp³-hybridized carbons (Fsp3) is 0.500. The first kappa shape index (κ1) is 9.53. The summed E-state index contributed by atoms with van der Waals surface area (Å²) in [7, 11) is 0. The van der Waals surface area contributed by atoms with Crippen LogP contribution in [0.2, 0.25) is 0 Å². The molecule has 1 aromatic carbocycles. The molecule has 1 aliphatic rings. The zero-order valence-corrected chi connectivity index (χ0v) is 8.87. The molecule has 0 saturated carbocycles. The van der Waals surface area contributed by atoms with Gasteiger partial charge in [-0.05, 0) is 32.4 Å². The van der Waals surface area contributed by atoms with E-state index in [1.807, 2.05) is 45.0 Å². The highest BCUT2D eigenvalue weighted by Gasteiger charge is 2.45. The van der Waals surface area contributed by atoms with Crippen LogP contribution in [0.3, 0.4) is 0 Å². The van der Waals surface area contributed by atoms with Crippen molar-refractivity contribution in [2.45, 2.75) is 38.4 Å². The zero-order chi connectivity index (χ0) is 10.4. The van der Waals surface area contributed by atoms with E-state index in [1.54, 1.807) is 0 Å². The fourth-order valence-corrected chi connectivity index (χ4v) is 1.72. The summed E-state index contributed by atoms with van der Waals surface area (Å²) in [5.74, 6) is 0.893. The maximum Gasteiger partial charge on any atom is 0.132 e. The molecule has 1 atom stereocenters. The minimum Gasteiger partial charge on any atom is -0.485 e. The molecular formula is C12H16O2. The van der Waals surface area contributed by atoms with Crippen LogP contribution in [0.1, 0.15) is 26.3 Å². The summed E-state index contributed by atoms with van der Waals surface area (Å²) in [6.45, 7) is 5.66. The second-order valence-corrected chi connectivity index (χ2v) is 4.67. The van der Waals surface area contributed by atoms with E-state index in [2.05, 4.69) is 0 Å². The van der Waals surface area contributed by atoms with E-state index in [0.717, 1.165) is 11.3 Å². The lowest BCUT2D eigenvalue weighted by Crippen LogP contribution is -2.55. The Balaban J connectivity index is 2.46. The largest absolute Gasteiger partial charge is 0.485 e. The van der Waals surface area contributed by atoms with E-state index in [4.69, 9.17) is 4.74 Å². The third-order valence-electron chi connectivity index (χ3n) is 3.17. The summed E-state index contributed by atoms with van der Waals surface area (Å²) in [6, 6.07) is 7.87. The van der Waals surface area contributed by atoms with E-state index < -0.39 is 11.2 Å². The highest BCUT2D eigenvalue weighted by Crippen LogP contribution is 2.38. The second-order valence-electron chi connectivity index (χ2n) is 4.67. The number of hydrogen-bond acceptors (Lipinski definition) is 2. The molecule has 0 bridgehead atoms. The topological polar surface area (TPSA) is 29.5 Å². The van der Waals surface area contributed by atoms with Gasteiger partial charge < -0.3 is 9.84 Å². The van der Waals surface area contributed by atoms with Gasteiger partial charge in [-0.25, -0.2) is 0 Å². The molecule has 0 aliphatic carbocycles. The molecular weight excluding hydrogens is 176 g/mol. The van der Waals surface area contributed by atoms with Crippen molar-refractivity contribution in [1.29, 1.82) is 0 Å². The molecule has 0 amide bonds. The summed E-state index contributed by atoms with van der Waals surface area (Å²) in [5.41, 5.74) is -0.250. The molecule has 1 aliphatic heterocycles. The number of rotatable bonds is 0. The van der Waals surface area contributed by atoms with E-state index in [-0.39, 0.29) is 0 Å². The first-order valence-electron chi connectivity index (χ1n) is 4.92. The Morgan fingerprint density at radius 2 is 1.86 bits per heavy atom. The second kappa shape index (κ2) is 2.74. The average Bonchev–Trinajstić information content (AvgIpc) is 2.05. The first-order valence-corrected chi connectivity index (χ1v) is 4.92. The van der Waals surface area contributed by atoms with Gasteiger partial charge >= 0.3 is 0 Å². The molecule has 1 aromatic rings. The molecule has 0 fully saturated rings. The van der Waals surface area contributed by atoms with Crippen LogP contribution >= 0.6 is 0 Å². The Morgan fingerprint density at radius 3 is 2.57 bits per heavy atom. The maximum atomic E-state index is 10.2. The van der Waals surface area contributed by atoms with Crippen molar-refractivity contribution in [3.63, 3.8) is 0 Å². The molecule has 1 unspecified atom stereocenters. The van der Waals surface area contributed by atoms with Crippen LogP contribution in [0, 0.1) is 0 Å². The monoisotopic (exact) mass is 192 g/mol. The van der Waals surface area contributed by atoms with Crippen molar-refractivity contribution >= 4 is 0 Å². The number of para-hydroxylation sites is 1. The van der Waals surface area contributed by atoms with Gasteiger partial charge in [0.15, 0.2) is 0 Å². The van der Waals surface area contributed by atoms with Gasteiger partial charge in [0, 0.05) is 6.42 Å². The van der Waals surface area contributed by atoms with E-state index in [1.165, 1.54) is 0 Å². The smallest absolute Gasteiger partial charge is 0.132 e. The molecule has 0 spiro atoms. The summed E-state index contributed by atoms with van der Waals surface area (Å²) in [5, 5.41) is 10.2. The number of aliphatic hydroxyl groups is 1. The van der Waals surface area contributed by atoms with Crippen LogP contribution in [0.4, 0.5) is 0 Å². The van der Waals surface area contributed by atoms with E-state index in [0.29, 0.717) is 6.42 Å². The number of hydrogen-bond donors (Lipinski definition) is 1. The van der Waals surface area contributed by atoms with Gasteiger partial charge in [0.05, 0.1) is 0 Å². The van der Waals surface area contributed by atoms with Crippen molar-refractivity contribution in [3.8, 4) is 5.75 Å². The molecule has 14 heavy (non-hydrogen) atoms. The van der Waals surface area contributed by atoms with Gasteiger partial charge in [0.25, 0.3) is 0 Å². The lowest BCUT2D eigenvalue weighted by molar-refractivity contribution is -0.115. The van der Waals surface area contributed by atoms with E-state index in [9.17, 15) is 5.11 Å². The highest BCUT2D eigenvalue weighted by atomic mass is 16.5. The average molecular weight is 192 g/mol. The van der Waals surface area contributed by atoms with Crippen LogP contribution in [-0.2, 0) is 6.42 Å². The quantitative estimate of drug-likeness (QED) is 0.682. The molecule has 2 heteroatoms. The lowest BCUT2D eigenvalue weighted by atomic mass is 9.80. The predicted molar refractivity (Wildman–Crippen MR) is 55.5 cm³/mol. The fourth-order valence-electron chi connectivity index (χ4n) is 1.72. The van der Waals surface area contributed by atoms with Crippen LogP contribution in [0.25, 0.3) is 0 Å². The number of benzene rings is 1. The highest BCUT2D eigenvalue weighted by molar-refractivity contribution is 5.38. The SMILES string of the molecule is CC1(O)Cc2ccccc2OC1(C)C. The van der Waals surface area contributed by atoms with Gasteiger partial charge in [-0.3, -0.25) is 0 Å². The third-order valence-corrected chi connectivity index (χ3v) is 3.17. The number of ether oxygens (including phenoxy) is 1. The first-order chi connectivity index (χ1) is 6.42. The summed E-state index contributed by atoms with van der Waals surface area (Å²) < 4.78 is 5.78. The van der Waals surface area contributed by atoms with Gasteiger partial charge in [-0.1, -0.05) is 18.2 Å². The standard InChI is InChI=1S/C12H16O2/c1-11(2)12(3,13)8-9-6-4-5-7-10(9)14-11/h4-7,13H,8H2,1-3H3. The van der Waals surface area contributed by atoms with Crippen LogP contribution in [-0.4, -0.2) is 16.3 Å². The van der Waals surface area contributed by atoms with Crippen LogP contribution in [0.15, 0.2) is 24.3 Å². The molecule has 1 heterocycles. The maximum absolute atomic E-state index is 10.2. The van der Waals surface area contributed by atoms with Gasteiger partial charge in [-0.2, -0.15) is 0 Å². The van der Waals surface area contributed by atoms with Crippen LogP contribution in [0.5, 0.6) is 5.75 Å². The van der Waals surface area contributed by atoms with Crippen molar-refractivity contribution in [1.82, 2.24) is 0 Å². The molecule has 0 saturated heterocycles. The molecule has 76 valence electrons. The summed E-state index contributed by atoms with van der Waals surface area (Å²) in [6.07, 6.45) is 0.649. The Kier molecular flexibility index (Phi) is 1.86. The number of fused-ring (bicyclic) bond motifs is 1. The predicted octanol–water partition coefficient (Wildman–Crippen LogP) is 2.15. The molecule has 1 N–H and O–H groups in total. The molecule has 0 aromatic heterocycles. The Labute approximate surface area is 84.5 Å². The van der Waals surface area contributed by atoms with Crippen molar-refractivity contribution < 1.29 is 9.84 Å². The zero-order valence-electron chi connectivity index (χ0n) is 8.87.